The molecule has 7 nitrogen and oxygen atoms in total. The molecule has 0 bridgehead atoms. The number of rotatable bonds is 5. The Bertz CT molecular complexity index is 887. The van der Waals surface area contributed by atoms with E-state index in [0.717, 1.165) is 31.7 Å². The average Bonchev–Trinajstić information content (AvgIpc) is 3.10. The predicted octanol–water partition coefficient (Wildman–Crippen LogP) is 2.39. The minimum atomic E-state index is 0.381. The van der Waals surface area contributed by atoms with Crippen LogP contribution in [0.25, 0.3) is 10.9 Å². The third-order valence-electron chi connectivity index (χ3n) is 4.81. The van der Waals surface area contributed by atoms with Crippen LogP contribution in [0, 0.1) is 6.92 Å². The number of fused-ring (bicyclic) bond motifs is 1. The molecule has 1 aliphatic rings. The maximum atomic E-state index is 5.30. The van der Waals surface area contributed by atoms with Crippen molar-refractivity contribution in [1.82, 2.24) is 20.0 Å². The summed E-state index contributed by atoms with van der Waals surface area (Å²) in [6, 6.07) is 8.49. The second-order valence-corrected chi connectivity index (χ2v) is 6.60. The summed E-state index contributed by atoms with van der Waals surface area (Å²) in [5.74, 6) is 1.25. The number of nitrogens with zero attached hydrogens (tertiary/aromatic N) is 5. The van der Waals surface area contributed by atoms with Gasteiger partial charge in [-0.3, -0.25) is 9.88 Å². The summed E-state index contributed by atoms with van der Waals surface area (Å²) in [4.78, 5) is 13.7. The molecule has 0 atom stereocenters. The first-order valence-electron chi connectivity index (χ1n) is 8.86. The molecule has 2 aromatic heterocycles. The van der Waals surface area contributed by atoms with Crippen LogP contribution in [0.1, 0.15) is 17.3 Å². The Labute approximate surface area is 152 Å². The van der Waals surface area contributed by atoms with Gasteiger partial charge in [-0.05, 0) is 18.6 Å². The maximum Gasteiger partial charge on any atom is 0.240 e. The number of ether oxygens (including phenoxy) is 1. The van der Waals surface area contributed by atoms with E-state index < -0.39 is 0 Å². The Morgan fingerprint density at radius 1 is 1.15 bits per heavy atom. The zero-order valence-corrected chi connectivity index (χ0v) is 15.2. The van der Waals surface area contributed by atoms with E-state index >= 15 is 0 Å². The molecule has 1 aliphatic heterocycles. The Morgan fingerprint density at radius 2 is 2.00 bits per heavy atom. The lowest BCUT2D eigenvalue weighted by atomic mass is 10.1. The number of piperazine rings is 1. The van der Waals surface area contributed by atoms with E-state index in [1.165, 1.54) is 16.6 Å². The topological polar surface area (TPSA) is 67.5 Å². The van der Waals surface area contributed by atoms with Gasteiger partial charge >= 0.3 is 0 Å². The Morgan fingerprint density at radius 3 is 2.81 bits per heavy atom. The maximum absolute atomic E-state index is 5.30. The lowest BCUT2D eigenvalue weighted by molar-refractivity contribution is 0.174. The standard InChI is InChI=1S/C19H23N5O2/c1-14-4-3-5-15-16(6-7-20-19(14)15)24-10-8-23(9-11-24)12-18-21-17(13-25-2)22-26-18/h3-7H,8-13H2,1-2H3. The highest BCUT2D eigenvalue weighted by molar-refractivity contribution is 5.93. The number of methoxy groups -OCH3 is 1. The molecular weight excluding hydrogens is 330 g/mol. The monoisotopic (exact) mass is 353 g/mol. The average molecular weight is 353 g/mol. The molecule has 0 radical (unpaired) electrons. The van der Waals surface area contributed by atoms with Crippen molar-refractivity contribution in [2.45, 2.75) is 20.1 Å². The van der Waals surface area contributed by atoms with E-state index in [1.54, 1.807) is 7.11 Å². The van der Waals surface area contributed by atoms with Gasteiger partial charge in [-0.2, -0.15) is 4.98 Å². The Balaban J connectivity index is 1.43. The second kappa shape index (κ2) is 7.39. The normalized spacial score (nSPS) is 15.7. The van der Waals surface area contributed by atoms with E-state index in [2.05, 4.69) is 56.1 Å². The number of pyridine rings is 1. The number of hydrogen-bond donors (Lipinski definition) is 0. The highest BCUT2D eigenvalue weighted by atomic mass is 16.5. The van der Waals surface area contributed by atoms with Gasteiger partial charge in [-0.15, -0.1) is 0 Å². The van der Waals surface area contributed by atoms with E-state index in [1.807, 2.05) is 6.20 Å². The number of benzene rings is 1. The molecule has 1 saturated heterocycles. The van der Waals surface area contributed by atoms with Gasteiger partial charge in [0.15, 0.2) is 5.82 Å². The van der Waals surface area contributed by atoms with Crippen LogP contribution in [0.2, 0.25) is 0 Å². The van der Waals surface area contributed by atoms with E-state index in [9.17, 15) is 0 Å². The van der Waals surface area contributed by atoms with Crippen molar-refractivity contribution < 1.29 is 9.26 Å². The zero-order valence-electron chi connectivity index (χ0n) is 15.2. The lowest BCUT2D eigenvalue weighted by Gasteiger charge is -2.35. The van der Waals surface area contributed by atoms with Gasteiger partial charge in [0, 0.05) is 50.6 Å². The molecule has 136 valence electrons. The summed E-state index contributed by atoms with van der Waals surface area (Å²) in [6.07, 6.45) is 1.91. The minimum absolute atomic E-state index is 0.381. The van der Waals surface area contributed by atoms with Crippen molar-refractivity contribution in [2.75, 3.05) is 38.2 Å². The number of hydrogen-bond acceptors (Lipinski definition) is 7. The molecule has 1 aromatic carbocycles. The van der Waals surface area contributed by atoms with Crippen molar-refractivity contribution in [3.05, 3.63) is 47.7 Å². The molecule has 0 spiro atoms. The predicted molar refractivity (Wildman–Crippen MR) is 99.0 cm³/mol. The largest absolute Gasteiger partial charge is 0.377 e. The van der Waals surface area contributed by atoms with Gasteiger partial charge in [-0.25, -0.2) is 0 Å². The fraction of sp³-hybridized carbons (Fsp3) is 0.421. The number of aryl methyl sites for hydroxylation is 1. The van der Waals surface area contributed by atoms with Crippen LogP contribution in [-0.4, -0.2) is 53.3 Å². The van der Waals surface area contributed by atoms with Gasteiger partial charge in [0.05, 0.1) is 12.1 Å². The molecule has 0 aliphatic carbocycles. The van der Waals surface area contributed by atoms with Crippen LogP contribution < -0.4 is 4.90 Å². The molecular formula is C19H23N5O2. The summed E-state index contributed by atoms with van der Waals surface area (Å²) in [5.41, 5.74) is 3.56. The molecule has 3 aromatic rings. The van der Waals surface area contributed by atoms with Gasteiger partial charge in [-0.1, -0.05) is 23.4 Å². The molecule has 0 amide bonds. The molecule has 0 unspecified atom stereocenters. The van der Waals surface area contributed by atoms with Crippen molar-refractivity contribution >= 4 is 16.6 Å². The molecule has 0 saturated carbocycles. The fourth-order valence-corrected chi connectivity index (χ4v) is 3.47. The van der Waals surface area contributed by atoms with Gasteiger partial charge in [0.2, 0.25) is 5.89 Å². The van der Waals surface area contributed by atoms with Gasteiger partial charge in [0.25, 0.3) is 0 Å². The fourth-order valence-electron chi connectivity index (χ4n) is 3.47. The summed E-state index contributed by atoms with van der Waals surface area (Å²) in [6.45, 7) is 7.01. The van der Waals surface area contributed by atoms with Crippen LogP contribution >= 0.6 is 0 Å². The summed E-state index contributed by atoms with van der Waals surface area (Å²) < 4.78 is 10.3. The van der Waals surface area contributed by atoms with Crippen molar-refractivity contribution in [3.8, 4) is 0 Å². The van der Waals surface area contributed by atoms with Crippen molar-refractivity contribution in [1.29, 1.82) is 0 Å². The summed E-state index contributed by atoms with van der Waals surface area (Å²) in [7, 11) is 1.62. The highest BCUT2D eigenvalue weighted by Crippen LogP contribution is 2.28. The highest BCUT2D eigenvalue weighted by Gasteiger charge is 2.21. The second-order valence-electron chi connectivity index (χ2n) is 6.60. The van der Waals surface area contributed by atoms with Crippen LogP contribution in [0.3, 0.4) is 0 Å². The van der Waals surface area contributed by atoms with Gasteiger partial charge in [0.1, 0.15) is 6.61 Å². The molecule has 0 N–H and O–H groups in total. The van der Waals surface area contributed by atoms with Crippen LogP contribution in [0.15, 0.2) is 35.0 Å². The zero-order chi connectivity index (χ0) is 17.9. The first kappa shape index (κ1) is 16.9. The Kier molecular flexibility index (Phi) is 4.81. The third kappa shape index (κ3) is 3.40. The molecule has 1 fully saturated rings. The van der Waals surface area contributed by atoms with Crippen molar-refractivity contribution in [2.24, 2.45) is 0 Å². The summed E-state index contributed by atoms with van der Waals surface area (Å²) in [5, 5.41) is 5.15. The van der Waals surface area contributed by atoms with E-state index in [0.29, 0.717) is 24.9 Å². The molecule has 26 heavy (non-hydrogen) atoms. The molecule has 7 heteroatoms. The van der Waals surface area contributed by atoms with E-state index in [-0.39, 0.29) is 0 Å². The summed E-state index contributed by atoms with van der Waals surface area (Å²) >= 11 is 0. The third-order valence-corrected chi connectivity index (χ3v) is 4.81. The quantitative estimate of drug-likeness (QED) is 0.698. The first-order chi connectivity index (χ1) is 12.7. The number of aromatic nitrogens is 3. The molecule has 3 heterocycles. The first-order valence-corrected chi connectivity index (χ1v) is 8.86. The number of anilines is 1. The van der Waals surface area contributed by atoms with Crippen molar-refractivity contribution in [3.63, 3.8) is 0 Å². The van der Waals surface area contributed by atoms with Crippen LogP contribution in [-0.2, 0) is 17.9 Å². The van der Waals surface area contributed by atoms with Crippen LogP contribution in [0.4, 0.5) is 5.69 Å². The Hall–Kier alpha value is -2.51. The smallest absolute Gasteiger partial charge is 0.240 e. The SMILES string of the molecule is COCc1noc(CN2CCN(c3ccnc4c(C)cccc34)CC2)n1. The van der Waals surface area contributed by atoms with Crippen LogP contribution in [0.5, 0.6) is 0 Å². The lowest BCUT2D eigenvalue weighted by Crippen LogP contribution is -2.46. The van der Waals surface area contributed by atoms with Gasteiger partial charge < -0.3 is 14.2 Å². The number of para-hydroxylation sites is 1. The van der Waals surface area contributed by atoms with E-state index in [4.69, 9.17) is 9.26 Å². The minimum Gasteiger partial charge on any atom is -0.377 e. The molecule has 4 rings (SSSR count).